The maximum absolute atomic E-state index is 12.5. The number of benzene rings is 1. The molecule has 0 saturated heterocycles. The Kier molecular flexibility index (Phi) is 6.99. The molecule has 0 spiro atoms. The van der Waals surface area contributed by atoms with Gasteiger partial charge in [0.2, 0.25) is 0 Å². The molecular weight excluding hydrogens is 332 g/mol. The number of nitrogens with one attached hydrogen (secondary N) is 2. The topological polar surface area (TPSA) is 117 Å². The minimum atomic E-state index is -0.573. The molecule has 0 bridgehead atoms. The van der Waals surface area contributed by atoms with Gasteiger partial charge in [0.1, 0.15) is 11.4 Å². The molecule has 0 aliphatic carbocycles. The number of hydrogen-bond donors (Lipinski definition) is 3. The Morgan fingerprint density at radius 3 is 2.65 bits per heavy atom. The summed E-state index contributed by atoms with van der Waals surface area (Å²) in [5.41, 5.74) is 6.87. The van der Waals surface area contributed by atoms with E-state index in [0.29, 0.717) is 13.0 Å². The summed E-state index contributed by atoms with van der Waals surface area (Å²) in [6, 6.07) is 10.7. The van der Waals surface area contributed by atoms with Crippen LogP contribution in [0.25, 0.3) is 0 Å². The third kappa shape index (κ3) is 5.78. The van der Waals surface area contributed by atoms with Crippen LogP contribution in [0.5, 0.6) is 0 Å². The number of nitrogens with two attached hydrogens (primary N) is 1. The Morgan fingerprint density at radius 1 is 1.23 bits per heavy atom. The number of nitrogens with zero attached hydrogens (tertiary/aromatic N) is 1. The van der Waals surface area contributed by atoms with E-state index in [1.807, 2.05) is 30.3 Å². The molecule has 0 unspecified atom stereocenters. The van der Waals surface area contributed by atoms with Crippen molar-refractivity contribution >= 4 is 23.2 Å². The summed E-state index contributed by atoms with van der Waals surface area (Å²) in [7, 11) is 0. The van der Waals surface area contributed by atoms with Gasteiger partial charge in [0.05, 0.1) is 6.42 Å². The molecule has 2 rings (SSSR count). The molecule has 0 aliphatic rings. The van der Waals surface area contributed by atoms with Crippen molar-refractivity contribution in [3.8, 4) is 0 Å². The lowest BCUT2D eigenvalue weighted by atomic mass is 10.1. The number of amides is 2. The molecule has 136 valence electrons. The van der Waals surface area contributed by atoms with Crippen LogP contribution in [0.2, 0.25) is 0 Å². The maximum atomic E-state index is 12.5. The van der Waals surface area contributed by atoms with Crippen LogP contribution in [0.3, 0.4) is 0 Å². The number of anilines is 1. The van der Waals surface area contributed by atoms with E-state index in [-0.39, 0.29) is 24.2 Å². The van der Waals surface area contributed by atoms with Crippen molar-refractivity contribution < 1.29 is 9.59 Å². The van der Waals surface area contributed by atoms with E-state index in [2.05, 4.69) is 15.3 Å². The molecule has 1 heterocycles. The van der Waals surface area contributed by atoms with Gasteiger partial charge >= 0.3 is 0 Å². The third-order valence-electron chi connectivity index (χ3n) is 3.63. The van der Waals surface area contributed by atoms with Gasteiger partial charge in [0, 0.05) is 6.20 Å². The van der Waals surface area contributed by atoms with Crippen molar-refractivity contribution in [2.24, 2.45) is 10.7 Å². The van der Waals surface area contributed by atoms with Crippen LogP contribution in [0.1, 0.15) is 24.0 Å². The van der Waals surface area contributed by atoms with Crippen molar-refractivity contribution in [2.45, 2.75) is 26.2 Å². The number of hydrogen-bond acceptors (Lipinski definition) is 4. The monoisotopic (exact) mass is 354 g/mol. The maximum Gasteiger partial charge on any atom is 0.271 e. The first-order chi connectivity index (χ1) is 12.5. The van der Waals surface area contributed by atoms with Gasteiger partial charge in [-0.25, -0.2) is 4.99 Å². The number of rotatable bonds is 7. The van der Waals surface area contributed by atoms with Gasteiger partial charge in [-0.15, -0.1) is 0 Å². The zero-order valence-electron chi connectivity index (χ0n) is 14.6. The van der Waals surface area contributed by atoms with E-state index in [1.165, 1.54) is 0 Å². The van der Waals surface area contributed by atoms with Crippen LogP contribution in [-0.4, -0.2) is 29.1 Å². The first-order valence-electron chi connectivity index (χ1n) is 8.34. The normalized spacial score (nSPS) is 11.2. The molecular formula is C19H22N4O3. The Morgan fingerprint density at radius 2 is 1.96 bits per heavy atom. The van der Waals surface area contributed by atoms with Crippen LogP contribution >= 0.6 is 0 Å². The molecule has 2 aromatic rings. The molecule has 0 saturated carbocycles. The molecule has 0 atom stereocenters. The lowest BCUT2D eigenvalue weighted by Crippen LogP contribution is -2.28. The summed E-state index contributed by atoms with van der Waals surface area (Å²) in [6.45, 7) is 2.16. The molecule has 1 aromatic carbocycles. The van der Waals surface area contributed by atoms with Crippen LogP contribution in [0, 0.1) is 6.92 Å². The number of aliphatic imine (C=N–C) groups is 1. The number of H-pyrrole nitrogens is 1. The number of aromatic nitrogens is 1. The van der Waals surface area contributed by atoms with Crippen molar-refractivity contribution in [1.29, 1.82) is 0 Å². The minimum absolute atomic E-state index is 0.0669. The van der Waals surface area contributed by atoms with Gasteiger partial charge in [0.15, 0.2) is 0 Å². The Hall–Kier alpha value is -3.06. The van der Waals surface area contributed by atoms with Gasteiger partial charge < -0.3 is 16.0 Å². The van der Waals surface area contributed by atoms with E-state index in [9.17, 15) is 14.4 Å². The quantitative estimate of drug-likeness (QED) is 0.654. The standard InChI is InChI=1S/C19H22N4O3/c1-13-10-16(18(25)21-12-13)23-19(26)15(8-5-9-20)22-17(24)11-14-6-3-2-4-7-14/h2-4,6-7,10,12H,5,8-9,11,20H2,1H3,(H,21,25)(H,23,26)/b22-15+. The minimum Gasteiger partial charge on any atom is -0.330 e. The third-order valence-corrected chi connectivity index (χ3v) is 3.63. The summed E-state index contributed by atoms with van der Waals surface area (Å²) in [5, 5.41) is 2.52. The molecule has 7 nitrogen and oxygen atoms in total. The molecule has 4 N–H and O–H groups in total. The highest BCUT2D eigenvalue weighted by Crippen LogP contribution is 2.06. The first-order valence-corrected chi connectivity index (χ1v) is 8.34. The first kappa shape index (κ1) is 19.3. The second-order valence-electron chi connectivity index (χ2n) is 5.88. The molecule has 2 amide bonds. The zero-order chi connectivity index (χ0) is 18.9. The van der Waals surface area contributed by atoms with Gasteiger partial charge in [-0.2, -0.15) is 0 Å². The lowest BCUT2D eigenvalue weighted by molar-refractivity contribution is -0.117. The second-order valence-corrected chi connectivity index (χ2v) is 5.88. The zero-order valence-corrected chi connectivity index (χ0v) is 14.6. The largest absolute Gasteiger partial charge is 0.330 e. The van der Waals surface area contributed by atoms with Gasteiger partial charge in [-0.1, -0.05) is 30.3 Å². The fourth-order valence-corrected chi connectivity index (χ4v) is 2.33. The number of aryl methyl sites for hydroxylation is 1. The van der Waals surface area contributed by atoms with E-state index in [0.717, 1.165) is 11.1 Å². The number of carbonyl (C=O) groups is 2. The summed E-state index contributed by atoms with van der Waals surface area (Å²) in [5.74, 6) is -0.993. The van der Waals surface area contributed by atoms with E-state index in [4.69, 9.17) is 5.73 Å². The van der Waals surface area contributed by atoms with Crippen LogP contribution in [0.4, 0.5) is 5.69 Å². The van der Waals surface area contributed by atoms with Crippen LogP contribution in [-0.2, 0) is 16.0 Å². The molecule has 0 fully saturated rings. The molecule has 26 heavy (non-hydrogen) atoms. The van der Waals surface area contributed by atoms with Crippen LogP contribution in [0.15, 0.2) is 52.4 Å². The van der Waals surface area contributed by atoms with Crippen LogP contribution < -0.4 is 16.6 Å². The molecule has 0 aliphatic heterocycles. The number of pyridine rings is 1. The number of carbonyl (C=O) groups excluding carboxylic acids is 2. The van der Waals surface area contributed by atoms with Crippen molar-refractivity contribution in [2.75, 3.05) is 11.9 Å². The van der Waals surface area contributed by atoms with Crippen molar-refractivity contribution in [1.82, 2.24) is 4.98 Å². The fraction of sp³-hybridized carbons (Fsp3) is 0.263. The van der Waals surface area contributed by atoms with Gasteiger partial charge in [0.25, 0.3) is 17.4 Å². The Balaban J connectivity index is 2.16. The van der Waals surface area contributed by atoms with Gasteiger partial charge in [-0.05, 0) is 43.5 Å². The molecule has 1 aromatic heterocycles. The average Bonchev–Trinajstić information content (AvgIpc) is 2.62. The lowest BCUT2D eigenvalue weighted by Gasteiger charge is -2.08. The highest BCUT2D eigenvalue weighted by atomic mass is 16.2. The molecule has 0 radical (unpaired) electrons. The predicted molar refractivity (Wildman–Crippen MR) is 101 cm³/mol. The summed E-state index contributed by atoms with van der Waals surface area (Å²) < 4.78 is 0. The molecule has 7 heteroatoms. The highest BCUT2D eigenvalue weighted by Gasteiger charge is 2.15. The second kappa shape index (κ2) is 9.43. The van der Waals surface area contributed by atoms with E-state index in [1.54, 1.807) is 19.2 Å². The van der Waals surface area contributed by atoms with Crippen molar-refractivity contribution in [3.05, 3.63) is 64.1 Å². The predicted octanol–water partition coefficient (Wildman–Crippen LogP) is 1.57. The highest BCUT2D eigenvalue weighted by molar-refractivity contribution is 6.44. The number of aromatic amines is 1. The van der Waals surface area contributed by atoms with Gasteiger partial charge in [-0.3, -0.25) is 14.4 Å². The fourth-order valence-electron chi connectivity index (χ4n) is 2.33. The summed E-state index contributed by atoms with van der Waals surface area (Å²) in [4.78, 5) is 43.0. The van der Waals surface area contributed by atoms with E-state index >= 15 is 0 Å². The van der Waals surface area contributed by atoms with E-state index < -0.39 is 17.4 Å². The Bertz CT molecular complexity index is 857. The smallest absolute Gasteiger partial charge is 0.271 e. The SMILES string of the molecule is Cc1c[nH]c(=O)c(NC(=O)/C(CCCN)=N/C(=O)Cc2ccccc2)c1. The summed E-state index contributed by atoms with van der Waals surface area (Å²) in [6.07, 6.45) is 2.41. The summed E-state index contributed by atoms with van der Waals surface area (Å²) >= 11 is 0. The average molecular weight is 354 g/mol. The Labute approximate surface area is 151 Å². The van der Waals surface area contributed by atoms with Crippen molar-refractivity contribution in [3.63, 3.8) is 0 Å².